The molecule has 0 saturated carbocycles. The number of halogens is 1. The zero-order valence-corrected chi connectivity index (χ0v) is 30.4. The van der Waals surface area contributed by atoms with Gasteiger partial charge >= 0.3 is 0 Å². The van der Waals surface area contributed by atoms with Gasteiger partial charge in [0.15, 0.2) is 11.4 Å². The van der Waals surface area contributed by atoms with E-state index in [9.17, 15) is 9.18 Å². The van der Waals surface area contributed by atoms with E-state index in [1.54, 1.807) is 13.0 Å². The first kappa shape index (κ1) is 38.2. The number of carbonyl (C=O) groups excluding carboxylic acids is 1. The first-order valence-electron chi connectivity index (χ1n) is 18.8. The number of thiol groups is 1. The third-order valence-electron chi connectivity index (χ3n) is 10.2. The van der Waals surface area contributed by atoms with Crippen molar-refractivity contribution >= 4 is 29.4 Å². The molecule has 264 valence electrons. The Labute approximate surface area is 294 Å². The number of fused-ring (bicyclic) bond motifs is 1. The molecule has 2 heterocycles. The van der Waals surface area contributed by atoms with Crippen LogP contribution in [0.25, 0.3) is 11.0 Å². The van der Waals surface area contributed by atoms with Gasteiger partial charge in [-0.2, -0.15) is 12.6 Å². The third kappa shape index (κ3) is 12.4. The van der Waals surface area contributed by atoms with Gasteiger partial charge in [-0.15, -0.1) is 0 Å². The minimum atomic E-state index is -0.290. The third-order valence-corrected chi connectivity index (χ3v) is 10.7. The molecule has 0 radical (unpaired) electrons. The number of ketones is 1. The summed E-state index contributed by atoms with van der Waals surface area (Å²) in [6.07, 6.45) is 23.2. The summed E-state index contributed by atoms with van der Waals surface area (Å²) in [5.41, 5.74) is 2.16. The monoisotopic (exact) mass is 678 g/mol. The summed E-state index contributed by atoms with van der Waals surface area (Å²) < 4.78 is 25.4. The van der Waals surface area contributed by atoms with Crippen LogP contribution < -0.4 is 4.74 Å². The highest BCUT2D eigenvalue weighted by molar-refractivity contribution is 7.80. The van der Waals surface area contributed by atoms with Gasteiger partial charge in [0.1, 0.15) is 11.6 Å². The molecular formula is C41H59FN2O3S. The maximum Gasteiger partial charge on any atom is 0.170 e. The van der Waals surface area contributed by atoms with Gasteiger partial charge in [0.05, 0.1) is 17.9 Å². The smallest absolute Gasteiger partial charge is 0.170 e. The van der Waals surface area contributed by atoms with Crippen molar-refractivity contribution in [3.8, 4) is 5.75 Å². The summed E-state index contributed by atoms with van der Waals surface area (Å²) in [5.74, 6) is 2.39. The van der Waals surface area contributed by atoms with Gasteiger partial charge in [0, 0.05) is 23.3 Å². The predicted octanol–water partition coefficient (Wildman–Crippen LogP) is 11.2. The number of Topliss-reactive ketones (excluding diaryl/α,β-unsaturated/α-hetero) is 1. The van der Waals surface area contributed by atoms with E-state index in [4.69, 9.17) is 21.9 Å². The normalized spacial score (nSPS) is 15.8. The van der Waals surface area contributed by atoms with Crippen LogP contribution in [0.4, 0.5) is 4.39 Å². The number of benzene rings is 2. The van der Waals surface area contributed by atoms with Crippen LogP contribution in [0.3, 0.4) is 0 Å². The van der Waals surface area contributed by atoms with Crippen LogP contribution in [-0.4, -0.2) is 47.8 Å². The van der Waals surface area contributed by atoms with Crippen molar-refractivity contribution in [3.63, 3.8) is 0 Å². The number of likely N-dealkylation sites (tertiary alicyclic amines) is 1. The first-order chi connectivity index (χ1) is 23.5. The molecule has 1 saturated heterocycles. The van der Waals surface area contributed by atoms with Crippen molar-refractivity contribution in [3.05, 3.63) is 71.7 Å². The second-order valence-corrected chi connectivity index (χ2v) is 14.2. The Hall–Kier alpha value is -2.64. The Kier molecular flexibility index (Phi) is 17.1. The average Bonchev–Trinajstić information content (AvgIpc) is 3.52. The second kappa shape index (κ2) is 21.4. The van der Waals surface area contributed by atoms with Crippen molar-refractivity contribution in [1.29, 1.82) is 0 Å². The highest BCUT2D eigenvalue weighted by atomic mass is 32.1. The van der Waals surface area contributed by atoms with Crippen molar-refractivity contribution < 1.29 is 18.4 Å². The van der Waals surface area contributed by atoms with E-state index < -0.39 is 0 Å². The van der Waals surface area contributed by atoms with Crippen LogP contribution in [0.15, 0.2) is 59.1 Å². The topological polar surface area (TPSA) is 55.6 Å². The molecule has 2 unspecified atom stereocenters. The van der Waals surface area contributed by atoms with Crippen LogP contribution in [0.2, 0.25) is 0 Å². The van der Waals surface area contributed by atoms with Crippen molar-refractivity contribution in [2.75, 3.05) is 32.0 Å². The summed E-state index contributed by atoms with van der Waals surface area (Å²) in [7, 11) is 0. The number of aromatic nitrogens is 1. The van der Waals surface area contributed by atoms with Gasteiger partial charge in [-0.1, -0.05) is 81.3 Å². The van der Waals surface area contributed by atoms with Gasteiger partial charge in [-0.05, 0) is 114 Å². The lowest BCUT2D eigenvalue weighted by Gasteiger charge is -2.32. The van der Waals surface area contributed by atoms with E-state index in [-0.39, 0.29) is 11.6 Å². The summed E-state index contributed by atoms with van der Waals surface area (Å²) >= 11 is 4.80. The molecule has 1 aromatic heterocycles. The fourth-order valence-electron chi connectivity index (χ4n) is 7.21. The van der Waals surface area contributed by atoms with Gasteiger partial charge in [0.25, 0.3) is 0 Å². The van der Waals surface area contributed by atoms with Gasteiger partial charge in [-0.3, -0.25) is 4.79 Å². The van der Waals surface area contributed by atoms with E-state index in [1.165, 1.54) is 76.3 Å². The van der Waals surface area contributed by atoms with Crippen molar-refractivity contribution in [1.82, 2.24) is 10.1 Å². The molecule has 2 aromatic carbocycles. The summed E-state index contributed by atoms with van der Waals surface area (Å²) in [6, 6.07) is 12.3. The minimum absolute atomic E-state index is 0.0310. The van der Waals surface area contributed by atoms with E-state index in [0.717, 1.165) is 68.6 Å². The number of allylic oxidation sites excluding steroid dienone is 2. The number of nitrogens with zero attached hydrogens (tertiary/aromatic N) is 2. The molecule has 0 amide bonds. The fraction of sp³-hybridized carbons (Fsp3) is 0.610. The Bertz CT molecular complexity index is 1380. The highest BCUT2D eigenvalue weighted by Gasteiger charge is 2.26. The molecule has 0 spiro atoms. The second-order valence-electron chi connectivity index (χ2n) is 13.8. The molecule has 0 N–H and O–H groups in total. The molecule has 48 heavy (non-hydrogen) atoms. The van der Waals surface area contributed by atoms with Crippen molar-refractivity contribution in [2.24, 2.45) is 11.8 Å². The highest BCUT2D eigenvalue weighted by Crippen LogP contribution is 2.33. The molecular weight excluding hydrogens is 620 g/mol. The number of para-hydroxylation sites is 1. The number of ether oxygens (including phenoxy) is 1. The lowest BCUT2D eigenvalue weighted by molar-refractivity contribution is 0.101. The summed E-state index contributed by atoms with van der Waals surface area (Å²) in [4.78, 5) is 14.8. The zero-order valence-electron chi connectivity index (χ0n) is 29.5. The van der Waals surface area contributed by atoms with E-state index in [0.29, 0.717) is 41.3 Å². The summed E-state index contributed by atoms with van der Waals surface area (Å²) in [5, 5.41) is 5.27. The molecule has 1 aliphatic heterocycles. The Morgan fingerprint density at radius 3 is 2.44 bits per heavy atom. The molecule has 2 atom stereocenters. The quantitative estimate of drug-likeness (QED) is 0.0468. The van der Waals surface area contributed by atoms with Crippen LogP contribution in [0.5, 0.6) is 5.75 Å². The Morgan fingerprint density at radius 2 is 1.69 bits per heavy atom. The lowest BCUT2D eigenvalue weighted by atomic mass is 9.85. The maximum atomic E-state index is 13.6. The number of hydrogen-bond acceptors (Lipinski definition) is 6. The zero-order chi connectivity index (χ0) is 34.0. The van der Waals surface area contributed by atoms with Gasteiger partial charge in [0.2, 0.25) is 0 Å². The molecule has 0 aliphatic carbocycles. The van der Waals surface area contributed by atoms with Crippen LogP contribution in [-0.2, 0) is 0 Å². The molecule has 7 heteroatoms. The average molecular weight is 679 g/mol. The lowest BCUT2D eigenvalue weighted by Crippen LogP contribution is -2.34. The number of unbranched alkanes of at least 4 members (excludes halogenated alkanes) is 8. The molecule has 1 fully saturated rings. The minimum Gasteiger partial charge on any atom is -0.493 e. The fourth-order valence-corrected chi connectivity index (χ4v) is 7.62. The van der Waals surface area contributed by atoms with E-state index in [1.807, 2.05) is 24.3 Å². The molecule has 5 nitrogen and oxygen atoms in total. The molecule has 4 rings (SSSR count). The van der Waals surface area contributed by atoms with Crippen LogP contribution in [0, 0.1) is 17.7 Å². The Morgan fingerprint density at radius 1 is 0.979 bits per heavy atom. The van der Waals surface area contributed by atoms with Crippen LogP contribution >= 0.6 is 12.6 Å². The summed E-state index contributed by atoms with van der Waals surface area (Å²) in [6.45, 7) is 7.61. The Balaban J connectivity index is 1.24. The number of piperidine rings is 1. The molecule has 3 aromatic rings. The largest absolute Gasteiger partial charge is 0.493 e. The van der Waals surface area contributed by atoms with E-state index >= 15 is 0 Å². The predicted molar refractivity (Wildman–Crippen MR) is 200 cm³/mol. The van der Waals surface area contributed by atoms with Gasteiger partial charge < -0.3 is 14.2 Å². The molecule has 0 bridgehead atoms. The number of rotatable bonds is 23. The maximum absolute atomic E-state index is 13.6. The number of carbonyl (C=O) groups is 1. The van der Waals surface area contributed by atoms with Crippen molar-refractivity contribution in [2.45, 2.75) is 116 Å². The molecule has 1 aliphatic rings. The first-order valence-corrected chi connectivity index (χ1v) is 19.4. The van der Waals surface area contributed by atoms with Crippen LogP contribution in [0.1, 0.15) is 132 Å². The SMILES string of the molecule is CCCCCCCC/C=C\CCCCC(CCCN1CCC(c2noc3cc(F)ccc23)CC1)C(CS)COc1ccccc1C(C)=O. The standard InChI is InChI=1S/C41H59FN2O3S/c1-3-4-5-6-7-8-9-10-11-12-13-14-18-33(35(31-48)30-46-39-21-16-15-20-37(39)32(2)45)19-17-26-44-27-24-34(25-28-44)41-38-23-22-36(42)29-40(38)47-43-41/h10-11,15-16,20-23,29,33-35,48H,3-9,12-14,17-19,24-28,30-31H2,1-2H3/b11-10-. The van der Waals surface area contributed by atoms with Gasteiger partial charge in [-0.25, -0.2) is 4.39 Å². The number of hydrogen-bond donors (Lipinski definition) is 1. The van der Waals surface area contributed by atoms with E-state index in [2.05, 4.69) is 29.1 Å².